The first-order valence-corrected chi connectivity index (χ1v) is 4.77. The van der Waals surface area contributed by atoms with Crippen molar-refractivity contribution in [3.05, 3.63) is 38.0 Å². The van der Waals surface area contributed by atoms with E-state index in [1.165, 1.54) is 6.92 Å². The number of nitrogens with one attached hydrogen (secondary N) is 1. The van der Waals surface area contributed by atoms with Gasteiger partial charge in [0, 0.05) is 6.92 Å². The predicted molar refractivity (Wildman–Crippen MR) is 61.0 cm³/mol. The molecule has 2 nitrogen and oxygen atoms in total. The molecule has 0 bridgehead atoms. The van der Waals surface area contributed by atoms with Crippen LogP contribution in [0.4, 0.5) is 0 Å². The van der Waals surface area contributed by atoms with Crippen molar-refractivity contribution < 1.29 is 4.79 Å². The number of unbranched alkanes of at least 4 members (excludes halogenated alkanes) is 1. The summed E-state index contributed by atoms with van der Waals surface area (Å²) in [6, 6.07) is 0. The lowest BCUT2D eigenvalue weighted by Crippen LogP contribution is -2.44. The molecular formula is C12H19NO. The van der Waals surface area contributed by atoms with Crippen molar-refractivity contribution in [3.8, 4) is 0 Å². The maximum Gasteiger partial charge on any atom is 0.217 e. The minimum Gasteiger partial charge on any atom is -0.344 e. The molecule has 0 atom stereocenters. The third-order valence-electron chi connectivity index (χ3n) is 2.14. The zero-order valence-electron chi connectivity index (χ0n) is 8.88. The molecule has 2 heteroatoms. The van der Waals surface area contributed by atoms with E-state index < -0.39 is 5.54 Å². The fourth-order valence-corrected chi connectivity index (χ4v) is 1.32. The van der Waals surface area contributed by atoms with E-state index in [0.29, 0.717) is 0 Å². The molecule has 0 aromatic heterocycles. The van der Waals surface area contributed by atoms with Crippen molar-refractivity contribution >= 4 is 5.91 Å². The van der Waals surface area contributed by atoms with Crippen LogP contribution < -0.4 is 5.32 Å². The maximum absolute atomic E-state index is 11.0. The van der Waals surface area contributed by atoms with Crippen molar-refractivity contribution in [3.63, 3.8) is 0 Å². The van der Waals surface area contributed by atoms with Crippen molar-refractivity contribution in [1.82, 2.24) is 5.32 Å². The van der Waals surface area contributed by atoms with Crippen LogP contribution in [-0.4, -0.2) is 11.4 Å². The van der Waals surface area contributed by atoms with Crippen LogP contribution in [0, 0.1) is 0 Å². The van der Waals surface area contributed by atoms with Crippen molar-refractivity contribution in [2.75, 3.05) is 0 Å². The zero-order chi connectivity index (χ0) is 11.0. The van der Waals surface area contributed by atoms with Gasteiger partial charge in [-0.1, -0.05) is 18.2 Å². The van der Waals surface area contributed by atoms with E-state index >= 15 is 0 Å². The Kier molecular flexibility index (Phi) is 5.61. The summed E-state index contributed by atoms with van der Waals surface area (Å²) in [4.78, 5) is 11.0. The quantitative estimate of drug-likeness (QED) is 0.488. The first-order valence-electron chi connectivity index (χ1n) is 4.77. The first-order chi connectivity index (χ1) is 6.60. The summed E-state index contributed by atoms with van der Waals surface area (Å²) in [7, 11) is 0. The molecule has 0 heterocycles. The van der Waals surface area contributed by atoms with Gasteiger partial charge in [-0.25, -0.2) is 0 Å². The summed E-state index contributed by atoms with van der Waals surface area (Å²) in [6.45, 7) is 12.6. The molecule has 0 radical (unpaired) electrons. The number of carbonyl (C=O) groups excluding carboxylic acids is 1. The summed E-state index contributed by atoms with van der Waals surface area (Å²) >= 11 is 0. The van der Waals surface area contributed by atoms with Crippen LogP contribution in [0.1, 0.15) is 26.2 Å². The lowest BCUT2D eigenvalue weighted by Gasteiger charge is -2.27. The van der Waals surface area contributed by atoms with Gasteiger partial charge in [0.05, 0.1) is 5.54 Å². The molecule has 0 aliphatic rings. The molecule has 0 unspecified atom stereocenters. The van der Waals surface area contributed by atoms with Crippen LogP contribution >= 0.6 is 0 Å². The lowest BCUT2D eigenvalue weighted by atomic mass is 9.92. The molecular weight excluding hydrogens is 174 g/mol. The molecule has 78 valence electrons. The van der Waals surface area contributed by atoms with Crippen molar-refractivity contribution in [1.29, 1.82) is 0 Å². The Morgan fingerprint density at radius 1 is 1.36 bits per heavy atom. The Morgan fingerprint density at radius 3 is 2.29 bits per heavy atom. The Labute approximate surface area is 86.4 Å². The van der Waals surface area contributed by atoms with Crippen LogP contribution in [0.3, 0.4) is 0 Å². The Bertz CT molecular complexity index is 222. The summed E-state index contributed by atoms with van der Waals surface area (Å²) in [5, 5.41) is 2.84. The van der Waals surface area contributed by atoms with Crippen LogP contribution in [0.5, 0.6) is 0 Å². The van der Waals surface area contributed by atoms with E-state index in [9.17, 15) is 4.79 Å². The van der Waals surface area contributed by atoms with E-state index in [1.807, 2.05) is 6.08 Å². The molecule has 0 aromatic rings. The van der Waals surface area contributed by atoms with Crippen LogP contribution in [0.15, 0.2) is 38.0 Å². The second-order valence-electron chi connectivity index (χ2n) is 3.31. The Morgan fingerprint density at radius 2 is 1.93 bits per heavy atom. The summed E-state index contributed by atoms with van der Waals surface area (Å²) in [5.74, 6) is -0.0663. The number of carbonyl (C=O) groups is 1. The number of allylic oxidation sites excluding steroid dienone is 1. The fourth-order valence-electron chi connectivity index (χ4n) is 1.32. The Hall–Kier alpha value is -1.31. The number of rotatable bonds is 7. The van der Waals surface area contributed by atoms with Gasteiger partial charge < -0.3 is 5.32 Å². The Balaban J connectivity index is 4.36. The fraction of sp³-hybridized carbons (Fsp3) is 0.417. The van der Waals surface area contributed by atoms with Gasteiger partial charge in [-0.15, -0.1) is 19.7 Å². The van der Waals surface area contributed by atoms with Gasteiger partial charge in [0.15, 0.2) is 0 Å². The lowest BCUT2D eigenvalue weighted by molar-refractivity contribution is -0.120. The summed E-state index contributed by atoms with van der Waals surface area (Å²) in [5.41, 5.74) is -0.463. The molecule has 0 rings (SSSR count). The van der Waals surface area contributed by atoms with Gasteiger partial charge in [0.25, 0.3) is 0 Å². The summed E-state index contributed by atoms with van der Waals surface area (Å²) in [6.07, 6.45) is 8.02. The second kappa shape index (κ2) is 6.19. The van der Waals surface area contributed by atoms with Gasteiger partial charge in [-0.2, -0.15) is 0 Å². The largest absolute Gasteiger partial charge is 0.344 e. The average molecular weight is 193 g/mol. The van der Waals surface area contributed by atoms with Gasteiger partial charge in [0.1, 0.15) is 0 Å². The van der Waals surface area contributed by atoms with E-state index in [4.69, 9.17) is 0 Å². The van der Waals surface area contributed by atoms with Gasteiger partial charge >= 0.3 is 0 Å². The first kappa shape index (κ1) is 12.7. The minimum absolute atomic E-state index is 0.0663. The highest BCUT2D eigenvalue weighted by Crippen LogP contribution is 2.17. The van der Waals surface area contributed by atoms with E-state index in [1.54, 1.807) is 12.2 Å². The standard InChI is InChI=1S/C12H19NO/c1-5-8-9-10-12(6-2,7-3)13-11(4)14/h5-7H,1-3,8-10H2,4H3,(H,13,14). The number of hydrogen-bond donors (Lipinski definition) is 1. The topological polar surface area (TPSA) is 29.1 Å². The summed E-state index contributed by atoms with van der Waals surface area (Å²) < 4.78 is 0. The molecule has 0 spiro atoms. The monoisotopic (exact) mass is 193 g/mol. The molecule has 0 fully saturated rings. The molecule has 14 heavy (non-hydrogen) atoms. The highest BCUT2D eigenvalue weighted by molar-refractivity contribution is 5.74. The van der Waals surface area contributed by atoms with Crippen LogP contribution in [0.2, 0.25) is 0 Å². The number of hydrogen-bond acceptors (Lipinski definition) is 1. The molecule has 0 aromatic carbocycles. The average Bonchev–Trinajstić information content (AvgIpc) is 2.16. The predicted octanol–water partition coefficient (Wildman–Crippen LogP) is 2.59. The molecule has 1 amide bonds. The highest BCUT2D eigenvalue weighted by Gasteiger charge is 2.22. The van der Waals surface area contributed by atoms with Gasteiger partial charge in [0.2, 0.25) is 5.91 Å². The van der Waals surface area contributed by atoms with E-state index in [-0.39, 0.29) is 5.91 Å². The third kappa shape index (κ3) is 4.08. The van der Waals surface area contributed by atoms with Crippen LogP contribution in [0.25, 0.3) is 0 Å². The minimum atomic E-state index is -0.463. The molecule has 0 saturated carbocycles. The maximum atomic E-state index is 11.0. The molecule has 0 aliphatic heterocycles. The third-order valence-corrected chi connectivity index (χ3v) is 2.14. The highest BCUT2D eigenvalue weighted by atomic mass is 16.1. The normalized spacial score (nSPS) is 10.4. The van der Waals surface area contributed by atoms with E-state index in [2.05, 4.69) is 25.1 Å². The smallest absolute Gasteiger partial charge is 0.217 e. The molecule has 0 saturated heterocycles. The zero-order valence-corrected chi connectivity index (χ0v) is 8.88. The van der Waals surface area contributed by atoms with Crippen molar-refractivity contribution in [2.24, 2.45) is 0 Å². The second-order valence-corrected chi connectivity index (χ2v) is 3.31. The van der Waals surface area contributed by atoms with Crippen LogP contribution in [-0.2, 0) is 4.79 Å². The van der Waals surface area contributed by atoms with Gasteiger partial charge in [-0.3, -0.25) is 4.79 Å². The number of amides is 1. The van der Waals surface area contributed by atoms with Crippen molar-refractivity contribution in [2.45, 2.75) is 31.7 Å². The molecule has 0 aliphatic carbocycles. The molecule has 1 N–H and O–H groups in total. The van der Waals surface area contributed by atoms with Gasteiger partial charge in [-0.05, 0) is 19.3 Å². The van der Waals surface area contributed by atoms with E-state index in [0.717, 1.165) is 19.3 Å². The SMILES string of the molecule is C=CCCCC(C=C)(C=C)NC(C)=O.